The summed E-state index contributed by atoms with van der Waals surface area (Å²) in [6.07, 6.45) is 2.70. The second-order valence-corrected chi connectivity index (χ2v) is 5.17. The van der Waals surface area contributed by atoms with Crippen LogP contribution in [0.5, 0.6) is 0 Å². The van der Waals surface area contributed by atoms with Crippen LogP contribution in [0.3, 0.4) is 0 Å². The topological polar surface area (TPSA) is 33.2 Å². The third-order valence-corrected chi connectivity index (χ3v) is 3.49. The molecule has 0 radical (unpaired) electrons. The van der Waals surface area contributed by atoms with Gasteiger partial charge < -0.3 is 4.90 Å². The number of benzene rings is 1. The number of nitrogens with zero attached hydrogens (tertiary/aromatic N) is 2. The van der Waals surface area contributed by atoms with Crippen LogP contribution in [-0.4, -0.2) is 29.4 Å². The van der Waals surface area contributed by atoms with E-state index in [1.807, 2.05) is 18.2 Å². The lowest BCUT2D eigenvalue weighted by atomic mass is 10.1. The molecule has 1 aromatic carbocycles. The van der Waals surface area contributed by atoms with Crippen molar-refractivity contribution in [1.82, 2.24) is 9.88 Å². The van der Waals surface area contributed by atoms with Crippen molar-refractivity contribution < 1.29 is 9.18 Å². The molecule has 3 nitrogen and oxygen atoms in total. The molecule has 21 heavy (non-hydrogen) atoms. The van der Waals surface area contributed by atoms with Crippen LogP contribution in [0.15, 0.2) is 42.6 Å². The van der Waals surface area contributed by atoms with Gasteiger partial charge in [0, 0.05) is 13.6 Å². The molecule has 1 heterocycles. The Morgan fingerprint density at radius 1 is 1.33 bits per heavy atom. The Labute approximate surface area is 128 Å². The van der Waals surface area contributed by atoms with Crippen LogP contribution in [-0.2, 0) is 6.42 Å². The number of amides is 1. The zero-order valence-corrected chi connectivity index (χ0v) is 12.5. The van der Waals surface area contributed by atoms with Crippen LogP contribution in [0.1, 0.15) is 22.3 Å². The van der Waals surface area contributed by atoms with E-state index in [-0.39, 0.29) is 16.6 Å². The predicted octanol–water partition coefficient (Wildman–Crippen LogP) is 3.58. The van der Waals surface area contributed by atoms with E-state index in [9.17, 15) is 9.18 Å². The van der Waals surface area contributed by atoms with Gasteiger partial charge in [-0.2, -0.15) is 0 Å². The largest absolute Gasteiger partial charge is 0.342 e. The predicted molar refractivity (Wildman–Crippen MR) is 80.9 cm³/mol. The molecule has 0 saturated carbocycles. The fourth-order valence-electron chi connectivity index (χ4n) is 2.04. The van der Waals surface area contributed by atoms with Crippen LogP contribution < -0.4 is 0 Å². The third-order valence-electron chi connectivity index (χ3n) is 3.18. The van der Waals surface area contributed by atoms with Crippen LogP contribution in [0.2, 0.25) is 5.15 Å². The second-order valence-electron chi connectivity index (χ2n) is 4.81. The molecule has 0 aliphatic heterocycles. The molecule has 0 fully saturated rings. The van der Waals surface area contributed by atoms with Gasteiger partial charge in [-0.15, -0.1) is 0 Å². The summed E-state index contributed by atoms with van der Waals surface area (Å²) in [7, 11) is 1.68. The van der Waals surface area contributed by atoms with Gasteiger partial charge in [0.15, 0.2) is 0 Å². The van der Waals surface area contributed by atoms with Gasteiger partial charge in [-0.25, -0.2) is 9.37 Å². The highest BCUT2D eigenvalue weighted by Gasteiger charge is 2.16. The fourth-order valence-corrected chi connectivity index (χ4v) is 2.23. The first-order valence-corrected chi connectivity index (χ1v) is 7.06. The van der Waals surface area contributed by atoms with Gasteiger partial charge in [-0.1, -0.05) is 41.9 Å². The van der Waals surface area contributed by atoms with E-state index in [2.05, 4.69) is 17.1 Å². The van der Waals surface area contributed by atoms with E-state index in [0.717, 1.165) is 25.1 Å². The van der Waals surface area contributed by atoms with Crippen molar-refractivity contribution >= 4 is 17.5 Å². The van der Waals surface area contributed by atoms with E-state index < -0.39 is 5.82 Å². The Balaban J connectivity index is 1.92. The summed E-state index contributed by atoms with van der Waals surface area (Å²) in [6.45, 7) is 0.570. The standard InChI is InChI=1S/C16H16ClFN2O/c1-20(9-5-8-12-6-3-2-4-7-12)16(21)14-10-13(18)11-19-15(14)17/h2-4,6-7,10-11H,5,8-9H2,1H3. The van der Waals surface area contributed by atoms with E-state index in [0.29, 0.717) is 6.54 Å². The Morgan fingerprint density at radius 2 is 2.05 bits per heavy atom. The van der Waals surface area contributed by atoms with Crippen molar-refractivity contribution in [2.24, 2.45) is 0 Å². The van der Waals surface area contributed by atoms with Gasteiger partial charge >= 0.3 is 0 Å². The van der Waals surface area contributed by atoms with Gasteiger partial charge in [0.25, 0.3) is 5.91 Å². The number of aromatic nitrogens is 1. The van der Waals surface area contributed by atoms with Gasteiger partial charge in [0.2, 0.25) is 0 Å². The smallest absolute Gasteiger partial charge is 0.256 e. The number of pyridine rings is 1. The maximum Gasteiger partial charge on any atom is 0.256 e. The summed E-state index contributed by atoms with van der Waals surface area (Å²) < 4.78 is 13.2. The van der Waals surface area contributed by atoms with Crippen LogP contribution in [0, 0.1) is 5.82 Å². The lowest BCUT2D eigenvalue weighted by Gasteiger charge is -2.17. The second kappa shape index (κ2) is 7.18. The number of halogens is 2. The zero-order valence-electron chi connectivity index (χ0n) is 11.7. The minimum absolute atomic E-state index is 0.0244. The number of carbonyl (C=O) groups excluding carboxylic acids is 1. The summed E-state index contributed by atoms with van der Waals surface area (Å²) in [5, 5.41) is 0.0244. The summed E-state index contributed by atoms with van der Waals surface area (Å²) in [4.78, 5) is 17.4. The molecule has 0 unspecified atom stereocenters. The monoisotopic (exact) mass is 306 g/mol. The SMILES string of the molecule is CN(CCCc1ccccc1)C(=O)c1cc(F)cnc1Cl. The zero-order chi connectivity index (χ0) is 15.2. The molecule has 0 saturated heterocycles. The van der Waals surface area contributed by atoms with Crippen molar-refractivity contribution in [2.75, 3.05) is 13.6 Å². The number of hydrogen-bond donors (Lipinski definition) is 0. The summed E-state index contributed by atoms with van der Waals surface area (Å²) in [5.41, 5.74) is 1.32. The molecule has 1 amide bonds. The maximum absolute atomic E-state index is 13.2. The third kappa shape index (κ3) is 4.26. The Bertz CT molecular complexity index is 619. The molecule has 2 aromatic rings. The maximum atomic E-state index is 13.2. The average molecular weight is 307 g/mol. The lowest BCUT2D eigenvalue weighted by Crippen LogP contribution is -2.28. The molecular weight excluding hydrogens is 291 g/mol. The van der Waals surface area contributed by atoms with Crippen molar-refractivity contribution in [3.8, 4) is 0 Å². The fraction of sp³-hybridized carbons (Fsp3) is 0.250. The highest BCUT2D eigenvalue weighted by molar-refractivity contribution is 6.32. The molecule has 0 aliphatic carbocycles. The van der Waals surface area contributed by atoms with Crippen LogP contribution in [0.25, 0.3) is 0 Å². The Kier molecular flexibility index (Phi) is 5.28. The molecule has 0 bridgehead atoms. The molecule has 0 N–H and O–H groups in total. The van der Waals surface area contributed by atoms with E-state index in [1.54, 1.807) is 7.05 Å². The van der Waals surface area contributed by atoms with Crippen LogP contribution in [0.4, 0.5) is 4.39 Å². The average Bonchev–Trinajstić information content (AvgIpc) is 2.50. The number of carbonyl (C=O) groups is 1. The first kappa shape index (κ1) is 15.4. The molecule has 0 atom stereocenters. The normalized spacial score (nSPS) is 10.4. The Morgan fingerprint density at radius 3 is 2.76 bits per heavy atom. The van der Waals surface area contributed by atoms with Crippen molar-refractivity contribution in [2.45, 2.75) is 12.8 Å². The highest BCUT2D eigenvalue weighted by atomic mass is 35.5. The molecular formula is C16H16ClFN2O. The van der Waals surface area contributed by atoms with E-state index >= 15 is 0 Å². The van der Waals surface area contributed by atoms with Gasteiger partial charge in [0.05, 0.1) is 11.8 Å². The van der Waals surface area contributed by atoms with E-state index in [1.165, 1.54) is 10.5 Å². The molecule has 0 spiro atoms. The first-order valence-electron chi connectivity index (χ1n) is 6.68. The van der Waals surface area contributed by atoms with Crippen molar-refractivity contribution in [3.63, 3.8) is 0 Å². The lowest BCUT2D eigenvalue weighted by molar-refractivity contribution is 0.0793. The molecule has 2 rings (SSSR count). The van der Waals surface area contributed by atoms with Gasteiger partial charge in [0.1, 0.15) is 11.0 Å². The van der Waals surface area contributed by atoms with Gasteiger partial charge in [-0.3, -0.25) is 4.79 Å². The van der Waals surface area contributed by atoms with Crippen LogP contribution >= 0.6 is 11.6 Å². The Hall–Kier alpha value is -1.94. The quantitative estimate of drug-likeness (QED) is 0.791. The number of hydrogen-bond acceptors (Lipinski definition) is 2. The summed E-state index contributed by atoms with van der Waals surface area (Å²) in [5.74, 6) is -0.888. The number of rotatable bonds is 5. The molecule has 5 heteroatoms. The number of aryl methyl sites for hydroxylation is 1. The molecule has 1 aromatic heterocycles. The van der Waals surface area contributed by atoms with Gasteiger partial charge in [-0.05, 0) is 24.5 Å². The highest BCUT2D eigenvalue weighted by Crippen LogP contribution is 2.16. The minimum atomic E-state index is -0.569. The molecule has 0 aliphatic rings. The van der Waals surface area contributed by atoms with E-state index in [4.69, 9.17) is 11.6 Å². The first-order chi connectivity index (χ1) is 10.1. The summed E-state index contributed by atoms with van der Waals surface area (Å²) >= 11 is 5.84. The minimum Gasteiger partial charge on any atom is -0.342 e. The van der Waals surface area contributed by atoms with Crippen molar-refractivity contribution in [1.29, 1.82) is 0 Å². The summed E-state index contributed by atoms with van der Waals surface area (Å²) in [6, 6.07) is 11.2. The molecule has 110 valence electrons. The van der Waals surface area contributed by atoms with Crippen molar-refractivity contribution in [3.05, 3.63) is 64.7 Å².